The van der Waals surface area contributed by atoms with E-state index in [2.05, 4.69) is 0 Å². The fourth-order valence-electron chi connectivity index (χ4n) is 0.994. The molecule has 3 N–H and O–H groups in total. The van der Waals surface area contributed by atoms with Gasteiger partial charge in [0.05, 0.1) is 19.1 Å². The fourth-order valence-corrected chi connectivity index (χ4v) is 1.52. The van der Waals surface area contributed by atoms with E-state index in [4.69, 9.17) is 20.1 Å². The summed E-state index contributed by atoms with van der Waals surface area (Å²) in [5.41, 5.74) is 5.99. The summed E-state index contributed by atoms with van der Waals surface area (Å²) in [4.78, 5) is 0.861. The number of ether oxygens (including phenoxy) is 1. The monoisotopic (exact) mass is 212 g/mol. The molecule has 1 rings (SSSR count). The number of nitrogens with two attached hydrogens (primary N) is 1. The van der Waals surface area contributed by atoms with E-state index in [1.54, 1.807) is 26.4 Å². The summed E-state index contributed by atoms with van der Waals surface area (Å²) in [6, 6.07) is 5.28. The summed E-state index contributed by atoms with van der Waals surface area (Å²) < 4.78 is 10.1. The molecule has 0 bridgehead atoms. The molecule has 14 heavy (non-hydrogen) atoms. The van der Waals surface area contributed by atoms with Crippen LogP contribution in [0.4, 0.5) is 0 Å². The first kappa shape index (κ1) is 10.9. The first-order valence-electron chi connectivity index (χ1n) is 3.92. The van der Waals surface area contributed by atoms with Crippen LogP contribution in [0.25, 0.3) is 0 Å². The van der Waals surface area contributed by atoms with Crippen LogP contribution in [-0.4, -0.2) is 20.1 Å². The van der Waals surface area contributed by atoms with Gasteiger partial charge in [0.15, 0.2) is 0 Å². The number of nitrogen functional groups attached to an aromatic ring is 1. The van der Waals surface area contributed by atoms with Gasteiger partial charge >= 0.3 is 0 Å². The van der Waals surface area contributed by atoms with Gasteiger partial charge in [-0.1, -0.05) is 0 Å². The van der Waals surface area contributed by atoms with Gasteiger partial charge in [-0.25, -0.2) is 0 Å². The molecule has 0 aliphatic carbocycles. The fraction of sp³-hybridized carbons (Fsp3) is 0.222. The Morgan fingerprint density at radius 3 is 2.64 bits per heavy atom. The maximum Gasteiger partial charge on any atom is 0.135 e. The molecule has 0 saturated heterocycles. The van der Waals surface area contributed by atoms with E-state index in [-0.39, 0.29) is 5.84 Å². The largest absolute Gasteiger partial charge is 0.495 e. The van der Waals surface area contributed by atoms with Crippen molar-refractivity contribution in [2.75, 3.05) is 14.2 Å². The molecule has 0 aromatic heterocycles. The van der Waals surface area contributed by atoms with Crippen molar-refractivity contribution < 1.29 is 8.92 Å². The molecule has 0 saturated carbocycles. The molecule has 4 nitrogen and oxygen atoms in total. The Morgan fingerprint density at radius 1 is 1.43 bits per heavy atom. The van der Waals surface area contributed by atoms with Gasteiger partial charge in [-0.15, -0.1) is 0 Å². The standard InChI is InChI=1S/C9H12N2O2S/c1-12-7-5-6(9(10)11)3-4-8(7)14-13-2/h3-5H,1-2H3,(H3,10,11). The Bertz CT molecular complexity index is 342. The molecular formula is C9H12N2O2S. The maximum absolute atomic E-state index is 7.26. The summed E-state index contributed by atoms with van der Waals surface area (Å²) in [5, 5.41) is 7.26. The van der Waals surface area contributed by atoms with Crippen molar-refractivity contribution in [2.45, 2.75) is 4.90 Å². The molecule has 1 aromatic rings. The second-order valence-corrected chi connectivity index (χ2v) is 3.47. The van der Waals surface area contributed by atoms with E-state index < -0.39 is 0 Å². The van der Waals surface area contributed by atoms with E-state index in [1.807, 2.05) is 6.07 Å². The lowest BCUT2D eigenvalue weighted by molar-refractivity contribution is 0.402. The van der Waals surface area contributed by atoms with Gasteiger partial charge in [-0.2, -0.15) is 0 Å². The molecule has 5 heteroatoms. The first-order valence-corrected chi connectivity index (χ1v) is 4.66. The van der Waals surface area contributed by atoms with E-state index in [9.17, 15) is 0 Å². The smallest absolute Gasteiger partial charge is 0.135 e. The highest BCUT2D eigenvalue weighted by molar-refractivity contribution is 7.94. The molecule has 1 aromatic carbocycles. The van der Waals surface area contributed by atoms with Crippen molar-refractivity contribution in [3.63, 3.8) is 0 Å². The normalized spacial score (nSPS) is 9.86. The van der Waals surface area contributed by atoms with Crippen LogP contribution in [0.15, 0.2) is 23.1 Å². The lowest BCUT2D eigenvalue weighted by atomic mass is 10.2. The van der Waals surface area contributed by atoms with Crippen molar-refractivity contribution in [3.05, 3.63) is 23.8 Å². The van der Waals surface area contributed by atoms with Crippen molar-refractivity contribution in [3.8, 4) is 5.75 Å². The Morgan fingerprint density at radius 2 is 2.14 bits per heavy atom. The zero-order valence-corrected chi connectivity index (χ0v) is 8.85. The van der Waals surface area contributed by atoms with Crippen LogP contribution < -0.4 is 10.5 Å². The Balaban J connectivity index is 3.04. The third-order valence-electron chi connectivity index (χ3n) is 1.65. The average Bonchev–Trinajstić information content (AvgIpc) is 2.18. The highest BCUT2D eigenvalue weighted by Crippen LogP contribution is 2.29. The van der Waals surface area contributed by atoms with Crippen molar-refractivity contribution in [2.24, 2.45) is 5.73 Å². The van der Waals surface area contributed by atoms with Crippen LogP contribution in [-0.2, 0) is 4.18 Å². The van der Waals surface area contributed by atoms with Crippen molar-refractivity contribution >= 4 is 17.9 Å². The minimum Gasteiger partial charge on any atom is -0.495 e. The second kappa shape index (κ2) is 4.88. The SMILES string of the molecule is COSc1ccc(C(=N)N)cc1OC. The Hall–Kier alpha value is -1.20. The predicted molar refractivity (Wildman–Crippen MR) is 56.9 cm³/mol. The van der Waals surface area contributed by atoms with Crippen LogP contribution in [0.5, 0.6) is 5.75 Å². The number of hydrogen-bond donors (Lipinski definition) is 2. The van der Waals surface area contributed by atoms with E-state index in [0.29, 0.717) is 11.3 Å². The Labute approximate surface area is 87.1 Å². The van der Waals surface area contributed by atoms with Crippen LogP contribution in [0.3, 0.4) is 0 Å². The van der Waals surface area contributed by atoms with Gasteiger partial charge in [0.2, 0.25) is 0 Å². The van der Waals surface area contributed by atoms with Crippen LogP contribution >= 0.6 is 12.0 Å². The highest BCUT2D eigenvalue weighted by atomic mass is 32.2. The molecule has 0 atom stereocenters. The van der Waals surface area contributed by atoms with Gasteiger partial charge in [0.1, 0.15) is 11.6 Å². The molecule has 0 heterocycles. The lowest BCUT2D eigenvalue weighted by Gasteiger charge is -2.07. The molecule has 0 aliphatic heterocycles. The molecular weight excluding hydrogens is 200 g/mol. The lowest BCUT2D eigenvalue weighted by Crippen LogP contribution is -2.10. The summed E-state index contributed by atoms with van der Waals surface area (Å²) in [6.07, 6.45) is 0. The number of benzene rings is 1. The zero-order chi connectivity index (χ0) is 10.6. The van der Waals surface area contributed by atoms with Gasteiger partial charge in [-0.05, 0) is 18.2 Å². The second-order valence-electron chi connectivity index (χ2n) is 2.53. The topological polar surface area (TPSA) is 68.3 Å². The maximum atomic E-state index is 7.26. The Kier molecular flexibility index (Phi) is 3.79. The molecule has 76 valence electrons. The molecule has 0 amide bonds. The summed E-state index contributed by atoms with van der Waals surface area (Å²) >= 11 is 1.21. The molecule has 0 aliphatic rings. The van der Waals surface area contributed by atoms with Crippen LogP contribution in [0.1, 0.15) is 5.56 Å². The predicted octanol–water partition coefficient (Wildman–Crippen LogP) is 1.63. The summed E-state index contributed by atoms with van der Waals surface area (Å²) in [6.45, 7) is 0. The van der Waals surface area contributed by atoms with Crippen LogP contribution in [0.2, 0.25) is 0 Å². The molecule has 0 unspecified atom stereocenters. The first-order chi connectivity index (χ1) is 6.69. The number of rotatable bonds is 4. The van der Waals surface area contributed by atoms with Gasteiger partial charge in [0.25, 0.3) is 0 Å². The van der Waals surface area contributed by atoms with Gasteiger partial charge < -0.3 is 14.7 Å². The molecule has 0 radical (unpaired) electrons. The van der Waals surface area contributed by atoms with Gasteiger partial charge in [0, 0.05) is 17.6 Å². The summed E-state index contributed by atoms with van der Waals surface area (Å²) in [5.74, 6) is 0.682. The average molecular weight is 212 g/mol. The quantitative estimate of drug-likeness (QED) is 0.452. The third kappa shape index (κ3) is 2.40. The minimum absolute atomic E-state index is 0.0252. The molecule has 0 fully saturated rings. The number of hydrogen-bond acceptors (Lipinski definition) is 4. The number of amidine groups is 1. The van der Waals surface area contributed by atoms with Crippen LogP contribution in [0, 0.1) is 5.41 Å². The number of nitrogens with one attached hydrogen (secondary N) is 1. The van der Waals surface area contributed by atoms with Crippen molar-refractivity contribution in [1.82, 2.24) is 0 Å². The zero-order valence-electron chi connectivity index (χ0n) is 8.03. The van der Waals surface area contributed by atoms with E-state index in [1.165, 1.54) is 12.0 Å². The minimum atomic E-state index is 0.0252. The van der Waals surface area contributed by atoms with E-state index in [0.717, 1.165) is 4.90 Å². The van der Waals surface area contributed by atoms with Crippen molar-refractivity contribution in [1.29, 1.82) is 5.41 Å². The third-order valence-corrected chi connectivity index (χ3v) is 2.33. The van der Waals surface area contributed by atoms with Gasteiger partial charge in [-0.3, -0.25) is 5.41 Å². The highest BCUT2D eigenvalue weighted by Gasteiger charge is 2.06. The van der Waals surface area contributed by atoms with E-state index >= 15 is 0 Å². The molecule has 0 spiro atoms. The number of methoxy groups -OCH3 is 1. The summed E-state index contributed by atoms with van der Waals surface area (Å²) in [7, 11) is 3.15.